The van der Waals surface area contributed by atoms with Crippen molar-refractivity contribution >= 4 is 11.6 Å². The number of anilines is 1. The molecule has 0 atom stereocenters. The van der Waals surface area contributed by atoms with E-state index in [1.807, 2.05) is 11.0 Å². The molecule has 3 rings (SSSR count). The zero-order valence-electron chi connectivity index (χ0n) is 11.4. The normalized spacial score (nSPS) is 18.9. The number of morpholine rings is 1. The number of benzene rings is 1. The molecular weight excluding hydrogens is 259 g/mol. The summed E-state index contributed by atoms with van der Waals surface area (Å²) in [4.78, 5) is 13.5. The van der Waals surface area contributed by atoms with Crippen LogP contribution in [-0.4, -0.2) is 32.2 Å². The molecular formula is C15H19FN2O2. The second-order valence-corrected chi connectivity index (χ2v) is 5.38. The molecule has 20 heavy (non-hydrogen) atoms. The third kappa shape index (κ3) is 3.10. The van der Waals surface area contributed by atoms with Crippen molar-refractivity contribution in [1.29, 1.82) is 0 Å². The van der Waals surface area contributed by atoms with Crippen molar-refractivity contribution in [1.82, 2.24) is 5.32 Å². The highest BCUT2D eigenvalue weighted by Gasteiger charge is 2.29. The first-order chi connectivity index (χ1) is 9.74. The largest absolute Gasteiger partial charge is 0.378 e. The first-order valence-electron chi connectivity index (χ1n) is 7.13. The predicted octanol–water partition coefficient (Wildman–Crippen LogP) is 1.69. The van der Waals surface area contributed by atoms with Crippen molar-refractivity contribution in [3.05, 3.63) is 29.6 Å². The summed E-state index contributed by atoms with van der Waals surface area (Å²) in [5.74, 6) is 0.0419. The Hall–Kier alpha value is -1.62. The molecule has 1 aromatic rings. The molecule has 1 saturated carbocycles. The lowest BCUT2D eigenvalue weighted by atomic mass is 10.1. The highest BCUT2D eigenvalue weighted by molar-refractivity contribution is 5.80. The third-order valence-corrected chi connectivity index (χ3v) is 3.78. The Kier molecular flexibility index (Phi) is 3.87. The number of hydrogen-bond donors (Lipinski definition) is 1. The number of amides is 1. The molecule has 1 N–H and O–H groups in total. The first-order valence-corrected chi connectivity index (χ1v) is 7.13. The zero-order valence-corrected chi connectivity index (χ0v) is 11.4. The van der Waals surface area contributed by atoms with Gasteiger partial charge in [0.05, 0.1) is 18.9 Å². The van der Waals surface area contributed by atoms with E-state index < -0.39 is 0 Å². The van der Waals surface area contributed by atoms with Crippen LogP contribution in [0, 0.1) is 11.7 Å². The van der Waals surface area contributed by atoms with Gasteiger partial charge in [0.2, 0.25) is 5.91 Å². The van der Waals surface area contributed by atoms with Gasteiger partial charge in [0.1, 0.15) is 5.82 Å². The summed E-state index contributed by atoms with van der Waals surface area (Å²) in [5, 5.41) is 2.85. The summed E-state index contributed by atoms with van der Waals surface area (Å²) < 4.78 is 19.4. The molecule has 1 amide bonds. The van der Waals surface area contributed by atoms with Crippen molar-refractivity contribution < 1.29 is 13.9 Å². The molecule has 108 valence electrons. The highest BCUT2D eigenvalue weighted by Crippen LogP contribution is 2.29. The summed E-state index contributed by atoms with van der Waals surface area (Å²) in [7, 11) is 0. The van der Waals surface area contributed by atoms with Crippen LogP contribution in [0.5, 0.6) is 0 Å². The standard InChI is InChI=1S/C15H19FN2O2/c16-13-9-11(10-17-15(19)12-2-3-12)1-4-14(13)18-5-7-20-8-6-18/h1,4,9,12H,2-3,5-8,10H2,(H,17,19). The molecule has 1 heterocycles. The Labute approximate surface area is 117 Å². The van der Waals surface area contributed by atoms with Gasteiger partial charge >= 0.3 is 0 Å². The van der Waals surface area contributed by atoms with Gasteiger partial charge in [-0.1, -0.05) is 6.07 Å². The van der Waals surface area contributed by atoms with Crippen molar-refractivity contribution in [2.24, 2.45) is 5.92 Å². The van der Waals surface area contributed by atoms with E-state index >= 15 is 0 Å². The highest BCUT2D eigenvalue weighted by atomic mass is 19.1. The lowest BCUT2D eigenvalue weighted by molar-refractivity contribution is -0.122. The Balaban J connectivity index is 1.62. The van der Waals surface area contributed by atoms with Crippen LogP contribution in [-0.2, 0) is 16.1 Å². The van der Waals surface area contributed by atoms with Crippen molar-refractivity contribution in [3.8, 4) is 0 Å². The van der Waals surface area contributed by atoms with Crippen LogP contribution in [0.4, 0.5) is 10.1 Å². The maximum Gasteiger partial charge on any atom is 0.223 e. The van der Waals surface area contributed by atoms with Gasteiger partial charge in [0.25, 0.3) is 0 Å². The fraction of sp³-hybridized carbons (Fsp3) is 0.533. The zero-order chi connectivity index (χ0) is 13.9. The number of hydrogen-bond acceptors (Lipinski definition) is 3. The molecule has 0 aromatic heterocycles. The molecule has 0 spiro atoms. The second kappa shape index (κ2) is 5.79. The SMILES string of the molecule is O=C(NCc1ccc(N2CCOCC2)c(F)c1)C1CC1. The van der Waals surface area contributed by atoms with Gasteiger partial charge in [-0.25, -0.2) is 4.39 Å². The number of nitrogens with zero attached hydrogens (tertiary/aromatic N) is 1. The van der Waals surface area contributed by atoms with Crippen molar-refractivity contribution in [3.63, 3.8) is 0 Å². The average Bonchev–Trinajstić information content (AvgIpc) is 3.30. The van der Waals surface area contributed by atoms with Crippen LogP contribution in [0.3, 0.4) is 0 Å². The van der Waals surface area contributed by atoms with Gasteiger partial charge in [-0.3, -0.25) is 4.79 Å². The van der Waals surface area contributed by atoms with Crippen molar-refractivity contribution in [2.75, 3.05) is 31.2 Å². The molecule has 0 unspecified atom stereocenters. The molecule has 0 radical (unpaired) electrons. The number of nitrogens with one attached hydrogen (secondary N) is 1. The van der Waals surface area contributed by atoms with Crippen LogP contribution < -0.4 is 10.2 Å². The molecule has 0 bridgehead atoms. The number of carbonyl (C=O) groups excluding carboxylic acids is 1. The van der Waals surface area contributed by atoms with Gasteiger partial charge < -0.3 is 15.0 Å². The number of carbonyl (C=O) groups is 1. The summed E-state index contributed by atoms with van der Waals surface area (Å²) in [6, 6.07) is 5.18. The van der Waals surface area contributed by atoms with Crippen LogP contribution in [0.15, 0.2) is 18.2 Å². The van der Waals surface area contributed by atoms with Gasteiger partial charge in [-0.2, -0.15) is 0 Å². The molecule has 1 saturated heterocycles. The third-order valence-electron chi connectivity index (χ3n) is 3.78. The molecule has 1 aliphatic carbocycles. The quantitative estimate of drug-likeness (QED) is 0.911. The van der Waals surface area contributed by atoms with Crippen LogP contribution in [0.25, 0.3) is 0 Å². The van der Waals surface area contributed by atoms with Crippen molar-refractivity contribution in [2.45, 2.75) is 19.4 Å². The van der Waals surface area contributed by atoms with E-state index in [2.05, 4.69) is 5.32 Å². The lowest BCUT2D eigenvalue weighted by Crippen LogP contribution is -2.36. The summed E-state index contributed by atoms with van der Waals surface area (Å²) in [6.07, 6.45) is 1.96. The smallest absolute Gasteiger partial charge is 0.223 e. The van der Waals surface area contributed by atoms with E-state index in [0.717, 1.165) is 18.4 Å². The van der Waals surface area contributed by atoms with Gasteiger partial charge in [0, 0.05) is 25.6 Å². The minimum absolute atomic E-state index is 0.0858. The summed E-state index contributed by atoms with van der Waals surface area (Å²) in [5.41, 5.74) is 1.42. The van der Waals surface area contributed by atoms with Crippen LogP contribution >= 0.6 is 0 Å². The fourth-order valence-electron chi connectivity index (χ4n) is 2.40. The van der Waals surface area contributed by atoms with E-state index in [0.29, 0.717) is 38.5 Å². The predicted molar refractivity (Wildman–Crippen MR) is 74.0 cm³/mol. The fourth-order valence-corrected chi connectivity index (χ4v) is 2.40. The molecule has 2 aliphatic rings. The second-order valence-electron chi connectivity index (χ2n) is 5.38. The minimum Gasteiger partial charge on any atom is -0.378 e. The van der Waals surface area contributed by atoms with Gasteiger partial charge in [0.15, 0.2) is 0 Å². The Morgan fingerprint density at radius 3 is 2.75 bits per heavy atom. The van der Waals surface area contributed by atoms with Crippen LogP contribution in [0.1, 0.15) is 18.4 Å². The lowest BCUT2D eigenvalue weighted by Gasteiger charge is -2.29. The number of halogens is 1. The minimum atomic E-state index is -0.231. The average molecular weight is 278 g/mol. The Bertz CT molecular complexity index is 497. The molecule has 2 fully saturated rings. The molecule has 4 nitrogen and oxygen atoms in total. The topological polar surface area (TPSA) is 41.6 Å². The Morgan fingerprint density at radius 1 is 1.35 bits per heavy atom. The summed E-state index contributed by atoms with van der Waals surface area (Å²) >= 11 is 0. The maximum absolute atomic E-state index is 14.1. The number of ether oxygens (including phenoxy) is 1. The van der Waals surface area contributed by atoms with E-state index in [1.54, 1.807) is 6.07 Å². The monoisotopic (exact) mass is 278 g/mol. The summed E-state index contributed by atoms with van der Waals surface area (Å²) in [6.45, 7) is 3.11. The molecule has 5 heteroatoms. The van der Waals surface area contributed by atoms with E-state index in [1.165, 1.54) is 6.07 Å². The van der Waals surface area contributed by atoms with E-state index in [9.17, 15) is 9.18 Å². The number of rotatable bonds is 4. The van der Waals surface area contributed by atoms with Crippen LogP contribution in [0.2, 0.25) is 0 Å². The van der Waals surface area contributed by atoms with E-state index in [-0.39, 0.29) is 17.6 Å². The molecule has 1 aliphatic heterocycles. The maximum atomic E-state index is 14.1. The first kappa shape index (κ1) is 13.4. The van der Waals surface area contributed by atoms with E-state index in [4.69, 9.17) is 4.74 Å². The molecule has 1 aromatic carbocycles. The Morgan fingerprint density at radius 2 is 2.10 bits per heavy atom. The van der Waals surface area contributed by atoms with Gasteiger partial charge in [-0.05, 0) is 30.5 Å². The van der Waals surface area contributed by atoms with Gasteiger partial charge in [-0.15, -0.1) is 0 Å².